The lowest BCUT2D eigenvalue weighted by molar-refractivity contribution is -0.319. The van der Waals surface area contributed by atoms with E-state index in [1.54, 1.807) is 34.6 Å². The molecule has 65 heavy (non-hydrogen) atoms. The number of methoxy groups -OCH3 is 2. The van der Waals surface area contributed by atoms with Crippen LogP contribution in [-0.2, 0) is 52.3 Å². The van der Waals surface area contributed by atoms with Crippen LogP contribution in [0.25, 0.3) is 0 Å². The molecule has 0 bridgehead atoms. The summed E-state index contributed by atoms with van der Waals surface area (Å²) in [6.07, 6.45) is -2.14. The Morgan fingerprint density at radius 3 is 2.09 bits per heavy atom. The Kier molecular flexibility index (Phi) is 22.7. The van der Waals surface area contributed by atoms with Crippen LogP contribution in [0, 0.1) is 23.7 Å². The van der Waals surface area contributed by atoms with Crippen LogP contribution in [0.15, 0.2) is 0 Å². The number of unbranched alkanes of at least 4 members (excludes halogenated alkanes) is 4. The minimum atomic E-state index is -1.84. The van der Waals surface area contributed by atoms with E-state index in [1.807, 2.05) is 46.7 Å². The Morgan fingerprint density at radius 1 is 0.846 bits per heavy atom. The number of rotatable bonds is 19. The summed E-state index contributed by atoms with van der Waals surface area (Å²) in [5.41, 5.74) is -4.15. The number of carbonyl (C=O) groups is 3. The summed E-state index contributed by atoms with van der Waals surface area (Å²) in [6, 6.07) is -0.295. The second-order valence-corrected chi connectivity index (χ2v) is 20.3. The Labute approximate surface area is 390 Å². The summed E-state index contributed by atoms with van der Waals surface area (Å²) in [6.45, 7) is 20.3. The van der Waals surface area contributed by atoms with E-state index in [4.69, 9.17) is 37.9 Å². The number of amides is 1. The third-order valence-corrected chi connectivity index (χ3v) is 14.7. The average molecular weight is 931 g/mol. The fourth-order valence-electron chi connectivity index (χ4n) is 10.4. The van der Waals surface area contributed by atoms with Crippen molar-refractivity contribution in [2.24, 2.45) is 23.7 Å². The van der Waals surface area contributed by atoms with Gasteiger partial charge in [0.2, 0.25) is 5.91 Å². The molecular weight excluding hydrogens is 841 g/mol. The molecule has 0 aromatic carbocycles. The molecule has 4 N–H and O–H groups in total. The molecule has 0 aromatic rings. The van der Waals surface area contributed by atoms with Crippen LogP contribution < -0.4 is 5.32 Å². The zero-order valence-electron chi connectivity index (χ0n) is 42.6. The molecule has 3 saturated heterocycles. The van der Waals surface area contributed by atoms with Crippen LogP contribution in [0.5, 0.6) is 0 Å². The monoisotopic (exact) mass is 931 g/mol. The molecule has 3 rings (SSSR count). The SMILES string of the molecule is CCCCCCCC(=O)NCCCO[C@@H]1[C@@H](C)C(=O)[C@H](C)C[C@@](C)(OC)[C@H](O[C@@H]2O[C@H](C)C[C@H](N(C)C)[C@H]2O)[C@@H](C)[C@H](O[C@H]2C[C@@](C)(OC)[C@@H](O)[C@H](C)O2)[C@@H](C)C(=O)O[C@H](CC)[C@@]1(C)O. The van der Waals surface area contributed by atoms with Crippen LogP contribution in [0.4, 0.5) is 0 Å². The highest BCUT2D eigenvalue weighted by Gasteiger charge is 2.54. The molecule has 0 aromatic heterocycles. The summed E-state index contributed by atoms with van der Waals surface area (Å²) in [5.74, 6) is -4.20. The number of nitrogens with zero attached hydrogens (tertiary/aromatic N) is 1. The number of likely N-dealkylation sites (N-methyl/N-ethyl adjacent to an activating group) is 1. The smallest absolute Gasteiger partial charge is 0.311 e. The largest absolute Gasteiger partial charge is 0.459 e. The summed E-state index contributed by atoms with van der Waals surface area (Å²) >= 11 is 0. The van der Waals surface area contributed by atoms with Crippen molar-refractivity contribution in [3.05, 3.63) is 0 Å². The highest BCUT2D eigenvalue weighted by Crippen LogP contribution is 2.42. The predicted octanol–water partition coefficient (Wildman–Crippen LogP) is 5.33. The molecule has 16 heteroatoms. The molecular formula is C49H90N2O14. The van der Waals surface area contributed by atoms with Crippen LogP contribution in [0.2, 0.25) is 0 Å². The number of hydrogen-bond acceptors (Lipinski definition) is 15. The third kappa shape index (κ3) is 14.8. The fraction of sp³-hybridized carbons (Fsp3) is 0.939. The average Bonchev–Trinajstić information content (AvgIpc) is 3.25. The highest BCUT2D eigenvalue weighted by molar-refractivity contribution is 5.83. The second-order valence-electron chi connectivity index (χ2n) is 20.3. The van der Waals surface area contributed by atoms with Gasteiger partial charge < -0.3 is 63.4 Å². The number of aliphatic hydroxyl groups is 3. The minimum Gasteiger partial charge on any atom is -0.459 e. The van der Waals surface area contributed by atoms with Gasteiger partial charge in [0.25, 0.3) is 0 Å². The van der Waals surface area contributed by atoms with E-state index in [9.17, 15) is 29.7 Å². The molecule has 0 aliphatic carbocycles. The van der Waals surface area contributed by atoms with Crippen molar-refractivity contribution in [2.75, 3.05) is 41.5 Å². The first-order valence-corrected chi connectivity index (χ1v) is 24.5. The Balaban J connectivity index is 2.09. The van der Waals surface area contributed by atoms with Crippen molar-refractivity contribution in [2.45, 2.75) is 231 Å². The number of esters is 1. The number of carbonyl (C=O) groups excluding carboxylic acids is 3. The highest BCUT2D eigenvalue weighted by atomic mass is 16.7. The summed E-state index contributed by atoms with van der Waals surface area (Å²) < 4.78 is 51.3. The van der Waals surface area contributed by atoms with Crippen molar-refractivity contribution in [3.8, 4) is 0 Å². The molecule has 3 aliphatic heterocycles. The maximum Gasteiger partial charge on any atom is 0.311 e. The molecule has 1 amide bonds. The third-order valence-electron chi connectivity index (χ3n) is 14.7. The minimum absolute atomic E-state index is 0.0255. The molecule has 16 nitrogen and oxygen atoms in total. The number of ketones is 1. The first kappa shape index (κ1) is 57.5. The molecule has 0 unspecified atom stereocenters. The summed E-state index contributed by atoms with van der Waals surface area (Å²) in [4.78, 5) is 43.9. The molecule has 3 aliphatic rings. The van der Waals surface area contributed by atoms with Gasteiger partial charge in [-0.1, -0.05) is 60.3 Å². The quantitative estimate of drug-likeness (QED) is 0.0956. The van der Waals surface area contributed by atoms with E-state index in [1.165, 1.54) is 21.1 Å². The van der Waals surface area contributed by atoms with E-state index in [0.717, 1.165) is 32.1 Å². The first-order valence-electron chi connectivity index (χ1n) is 24.5. The normalized spacial score (nSPS) is 41.5. The van der Waals surface area contributed by atoms with Gasteiger partial charge in [-0.2, -0.15) is 0 Å². The number of hydrogen-bond donors (Lipinski definition) is 4. The Bertz CT molecular complexity index is 1470. The Hall–Kier alpha value is -1.83. The van der Waals surface area contributed by atoms with Crippen LogP contribution in [0.1, 0.15) is 147 Å². The maximum atomic E-state index is 14.7. The van der Waals surface area contributed by atoms with Crippen molar-refractivity contribution in [1.82, 2.24) is 10.2 Å². The zero-order valence-corrected chi connectivity index (χ0v) is 42.6. The second kappa shape index (κ2) is 25.7. The number of Topliss-reactive ketones (excluding diaryl/α,β-unsaturated/α-hetero) is 1. The van der Waals surface area contributed by atoms with Gasteiger partial charge in [0, 0.05) is 64.0 Å². The maximum absolute atomic E-state index is 14.7. The lowest BCUT2D eigenvalue weighted by atomic mass is 9.73. The summed E-state index contributed by atoms with van der Waals surface area (Å²) in [5, 5.41) is 38.3. The van der Waals surface area contributed by atoms with Gasteiger partial charge in [-0.15, -0.1) is 0 Å². The predicted molar refractivity (Wildman–Crippen MR) is 246 cm³/mol. The van der Waals surface area contributed by atoms with Gasteiger partial charge in [-0.3, -0.25) is 14.4 Å². The van der Waals surface area contributed by atoms with Gasteiger partial charge in [0.15, 0.2) is 12.6 Å². The number of nitrogens with one attached hydrogen (secondary N) is 1. The topological polar surface area (TPSA) is 201 Å². The zero-order chi connectivity index (χ0) is 49.0. The Morgan fingerprint density at radius 2 is 1.49 bits per heavy atom. The van der Waals surface area contributed by atoms with Gasteiger partial charge in [0.05, 0.1) is 47.6 Å². The number of aliphatic hydroxyl groups excluding tert-OH is 2. The van der Waals surface area contributed by atoms with Gasteiger partial charge >= 0.3 is 5.97 Å². The van der Waals surface area contributed by atoms with Gasteiger partial charge in [-0.25, -0.2) is 0 Å². The van der Waals surface area contributed by atoms with Crippen molar-refractivity contribution >= 4 is 17.7 Å². The van der Waals surface area contributed by atoms with Gasteiger partial charge in [-0.05, 0) is 87.7 Å². The van der Waals surface area contributed by atoms with Crippen molar-refractivity contribution in [1.29, 1.82) is 0 Å². The van der Waals surface area contributed by atoms with E-state index in [0.29, 0.717) is 25.8 Å². The van der Waals surface area contributed by atoms with Crippen LogP contribution in [-0.4, -0.2) is 164 Å². The lowest BCUT2D eigenvalue weighted by Gasteiger charge is -2.50. The molecule has 380 valence electrons. The molecule has 0 spiro atoms. The van der Waals surface area contributed by atoms with Crippen molar-refractivity contribution in [3.63, 3.8) is 0 Å². The molecule has 3 heterocycles. The molecule has 18 atom stereocenters. The first-order chi connectivity index (χ1) is 30.4. The molecule has 0 radical (unpaired) electrons. The van der Waals surface area contributed by atoms with Crippen LogP contribution >= 0.6 is 0 Å². The lowest BCUT2D eigenvalue weighted by Crippen LogP contribution is -2.61. The standard InChI is InChI=1S/C49H90N2O14/c1-16-18-19-20-21-23-37(52)50-24-22-25-60-44-31(5)39(53)29(3)27-48(10,59-15)43(65-46-40(54)35(51(12)13)26-30(4)61-46)32(6)41(33(7)45(56)63-36(17-2)49(44,11)57)64-38-28-47(9,58-14)42(55)34(8)62-38/h29-36,38,40-44,46,54-55,57H,16-28H2,1-15H3,(H,50,52)/t29-,30-,31+,32+,33-,34+,35+,36-,38+,40-,41+,42+,43-,44-,46+,47-,48-,49-/m1/s1. The molecule has 0 saturated carbocycles. The van der Waals surface area contributed by atoms with Crippen molar-refractivity contribution < 1.29 is 67.6 Å². The molecule has 3 fully saturated rings. The fourth-order valence-corrected chi connectivity index (χ4v) is 10.4. The van der Waals surface area contributed by atoms with Gasteiger partial charge in [0.1, 0.15) is 29.7 Å². The summed E-state index contributed by atoms with van der Waals surface area (Å²) in [7, 11) is 6.83. The van der Waals surface area contributed by atoms with Crippen LogP contribution in [0.3, 0.4) is 0 Å². The van der Waals surface area contributed by atoms with E-state index in [-0.39, 0.29) is 49.7 Å². The van der Waals surface area contributed by atoms with E-state index < -0.39 is 102 Å². The van der Waals surface area contributed by atoms with E-state index in [2.05, 4.69) is 12.2 Å². The number of cyclic esters (lactones) is 1. The van der Waals surface area contributed by atoms with E-state index >= 15 is 0 Å². The number of ether oxygens (including phenoxy) is 8.